The van der Waals surface area contributed by atoms with Crippen LogP contribution < -0.4 is 5.32 Å². The molecule has 0 saturated carbocycles. The molecule has 0 radical (unpaired) electrons. The summed E-state index contributed by atoms with van der Waals surface area (Å²) >= 11 is 0. The molecule has 19 heavy (non-hydrogen) atoms. The second-order valence-electron chi connectivity index (χ2n) is 5.19. The second-order valence-corrected chi connectivity index (χ2v) is 5.19. The fraction of sp³-hybridized carbons (Fsp3) is 0.933. The molecule has 0 fully saturated rings. The molecular weight excluding hydrogens is 279 g/mol. The number of halogens is 2. The fourth-order valence-electron chi connectivity index (χ4n) is 2.39. The molecule has 4 heteroatoms. The fourth-order valence-corrected chi connectivity index (χ4v) is 2.39. The summed E-state index contributed by atoms with van der Waals surface area (Å²) in [6, 6.07) is 0. The van der Waals surface area contributed by atoms with Crippen LogP contribution in [-0.2, 0) is 0 Å². The molecule has 1 heterocycles. The average molecular weight is 311 g/mol. The molecule has 1 aliphatic rings. The van der Waals surface area contributed by atoms with E-state index < -0.39 is 0 Å². The quantitative estimate of drug-likeness (QED) is 0.525. The summed E-state index contributed by atoms with van der Waals surface area (Å²) in [4.78, 5) is 4.42. The first-order valence-electron chi connectivity index (χ1n) is 7.70. The van der Waals surface area contributed by atoms with Crippen LogP contribution in [0.1, 0.15) is 77.6 Å². The Morgan fingerprint density at radius 3 is 1.84 bits per heavy atom. The molecular formula is C15H32Cl2N2. The molecule has 0 aromatic carbocycles. The lowest BCUT2D eigenvalue weighted by Gasteiger charge is -2.03. The Kier molecular flexibility index (Phi) is 18.1. The Balaban J connectivity index is 0. The maximum Gasteiger partial charge on any atom is 0.0964 e. The molecule has 1 N–H and O–H groups in total. The number of amidine groups is 1. The van der Waals surface area contributed by atoms with E-state index in [1.807, 2.05) is 0 Å². The third-order valence-electron chi connectivity index (χ3n) is 3.51. The molecule has 1 aliphatic heterocycles. The van der Waals surface area contributed by atoms with Crippen LogP contribution in [0.25, 0.3) is 0 Å². The minimum atomic E-state index is 0. The Hall–Kier alpha value is 0.0500. The zero-order chi connectivity index (χ0) is 12.2. The molecule has 0 aromatic heterocycles. The van der Waals surface area contributed by atoms with Crippen LogP contribution in [0.5, 0.6) is 0 Å². The van der Waals surface area contributed by atoms with Crippen LogP contribution in [0.3, 0.4) is 0 Å². The highest BCUT2D eigenvalue weighted by Gasteiger charge is 2.03. The van der Waals surface area contributed by atoms with E-state index >= 15 is 0 Å². The Bertz CT molecular complexity index is 208. The number of hydrogen-bond acceptors (Lipinski definition) is 2. The highest BCUT2D eigenvalue weighted by Crippen LogP contribution is 2.11. The lowest BCUT2D eigenvalue weighted by Crippen LogP contribution is -2.17. The van der Waals surface area contributed by atoms with Gasteiger partial charge in [-0.2, -0.15) is 0 Å². The largest absolute Gasteiger partial charge is 0.372 e. The molecule has 1 rings (SSSR count). The van der Waals surface area contributed by atoms with Gasteiger partial charge < -0.3 is 5.32 Å². The number of nitrogens with zero attached hydrogens (tertiary/aromatic N) is 1. The van der Waals surface area contributed by atoms with Gasteiger partial charge in [-0.3, -0.25) is 4.99 Å². The van der Waals surface area contributed by atoms with E-state index in [2.05, 4.69) is 17.2 Å². The summed E-state index contributed by atoms with van der Waals surface area (Å²) in [7, 11) is 0. The first-order chi connectivity index (χ1) is 8.43. The van der Waals surface area contributed by atoms with Crippen molar-refractivity contribution in [2.75, 3.05) is 13.1 Å². The predicted octanol–water partition coefficient (Wildman–Crippen LogP) is 5.14. The van der Waals surface area contributed by atoms with Gasteiger partial charge in [0, 0.05) is 13.0 Å². The van der Waals surface area contributed by atoms with Crippen LogP contribution in [0.15, 0.2) is 4.99 Å². The summed E-state index contributed by atoms with van der Waals surface area (Å²) in [6.07, 6.45) is 15.3. The second kappa shape index (κ2) is 16.1. The van der Waals surface area contributed by atoms with Gasteiger partial charge in [-0.25, -0.2) is 0 Å². The SMILES string of the molecule is CCCCCCCCCCCCC1=NCCN1.Cl.Cl. The third kappa shape index (κ3) is 12.8. The molecule has 0 aliphatic carbocycles. The summed E-state index contributed by atoms with van der Waals surface area (Å²) < 4.78 is 0. The number of hydrogen-bond donors (Lipinski definition) is 1. The van der Waals surface area contributed by atoms with Crippen molar-refractivity contribution >= 4 is 30.6 Å². The zero-order valence-corrected chi connectivity index (χ0v) is 14.1. The van der Waals surface area contributed by atoms with Gasteiger partial charge in [0.2, 0.25) is 0 Å². The van der Waals surface area contributed by atoms with E-state index in [-0.39, 0.29) is 24.8 Å². The van der Waals surface area contributed by atoms with Crippen molar-refractivity contribution < 1.29 is 0 Å². The number of aliphatic imine (C=N–C) groups is 1. The minimum Gasteiger partial charge on any atom is -0.372 e. The van der Waals surface area contributed by atoms with Crippen molar-refractivity contribution in [3.63, 3.8) is 0 Å². The lowest BCUT2D eigenvalue weighted by molar-refractivity contribution is 0.558. The molecule has 0 aromatic rings. The average Bonchev–Trinajstić information content (AvgIpc) is 2.85. The van der Waals surface area contributed by atoms with E-state index in [1.165, 1.54) is 76.5 Å². The Morgan fingerprint density at radius 1 is 0.842 bits per heavy atom. The molecule has 116 valence electrons. The maximum atomic E-state index is 4.42. The number of nitrogens with one attached hydrogen (secondary N) is 1. The van der Waals surface area contributed by atoms with E-state index in [0.717, 1.165) is 13.1 Å². The van der Waals surface area contributed by atoms with Gasteiger partial charge in [-0.15, -0.1) is 24.8 Å². The normalized spacial score (nSPS) is 13.2. The smallest absolute Gasteiger partial charge is 0.0964 e. The van der Waals surface area contributed by atoms with E-state index in [0.29, 0.717) is 0 Å². The maximum absolute atomic E-state index is 4.42. The van der Waals surface area contributed by atoms with Gasteiger partial charge in [-0.1, -0.05) is 64.7 Å². The van der Waals surface area contributed by atoms with Crippen LogP contribution in [0, 0.1) is 0 Å². The number of rotatable bonds is 11. The predicted molar refractivity (Wildman–Crippen MR) is 91.3 cm³/mol. The molecule has 0 unspecified atom stereocenters. The van der Waals surface area contributed by atoms with E-state index in [4.69, 9.17) is 0 Å². The molecule has 0 bridgehead atoms. The van der Waals surface area contributed by atoms with E-state index in [9.17, 15) is 0 Å². The van der Waals surface area contributed by atoms with Crippen molar-refractivity contribution in [1.29, 1.82) is 0 Å². The lowest BCUT2D eigenvalue weighted by atomic mass is 10.1. The third-order valence-corrected chi connectivity index (χ3v) is 3.51. The van der Waals surface area contributed by atoms with Crippen molar-refractivity contribution in [1.82, 2.24) is 5.32 Å². The van der Waals surface area contributed by atoms with Crippen LogP contribution in [0.4, 0.5) is 0 Å². The van der Waals surface area contributed by atoms with E-state index in [1.54, 1.807) is 0 Å². The first-order valence-corrected chi connectivity index (χ1v) is 7.70. The van der Waals surface area contributed by atoms with Gasteiger partial charge >= 0.3 is 0 Å². The topological polar surface area (TPSA) is 24.4 Å². The van der Waals surface area contributed by atoms with Crippen molar-refractivity contribution in [2.24, 2.45) is 4.99 Å². The monoisotopic (exact) mass is 310 g/mol. The van der Waals surface area contributed by atoms with Crippen molar-refractivity contribution in [2.45, 2.75) is 77.6 Å². The standard InChI is InChI=1S/C15H30N2.2ClH/c1-2-3-4-5-6-7-8-9-10-11-12-15-16-13-14-17-15;;/h2-14H2,1H3,(H,16,17);2*1H. The van der Waals surface area contributed by atoms with Gasteiger partial charge in [0.1, 0.15) is 0 Å². The van der Waals surface area contributed by atoms with Gasteiger partial charge in [-0.05, 0) is 6.42 Å². The molecule has 0 spiro atoms. The van der Waals surface area contributed by atoms with Crippen molar-refractivity contribution in [3.05, 3.63) is 0 Å². The van der Waals surface area contributed by atoms with Crippen LogP contribution >= 0.6 is 24.8 Å². The summed E-state index contributed by atoms with van der Waals surface area (Å²) in [5.74, 6) is 1.25. The summed E-state index contributed by atoms with van der Waals surface area (Å²) in [5.41, 5.74) is 0. The molecule has 0 amide bonds. The van der Waals surface area contributed by atoms with Crippen LogP contribution in [-0.4, -0.2) is 18.9 Å². The molecule has 0 atom stereocenters. The van der Waals surface area contributed by atoms with Gasteiger partial charge in [0.25, 0.3) is 0 Å². The number of unbranched alkanes of at least 4 members (excludes halogenated alkanes) is 9. The molecule has 2 nitrogen and oxygen atoms in total. The Labute approximate surface area is 132 Å². The Morgan fingerprint density at radius 2 is 1.37 bits per heavy atom. The summed E-state index contributed by atoms with van der Waals surface area (Å²) in [5, 5.41) is 3.34. The first kappa shape index (κ1) is 21.4. The summed E-state index contributed by atoms with van der Waals surface area (Å²) in [6.45, 7) is 4.34. The van der Waals surface area contributed by atoms with Gasteiger partial charge in [0.05, 0.1) is 12.4 Å². The highest BCUT2D eigenvalue weighted by atomic mass is 35.5. The van der Waals surface area contributed by atoms with Crippen LogP contribution in [0.2, 0.25) is 0 Å². The van der Waals surface area contributed by atoms with Gasteiger partial charge in [0.15, 0.2) is 0 Å². The van der Waals surface area contributed by atoms with Crippen molar-refractivity contribution in [3.8, 4) is 0 Å². The molecule has 0 saturated heterocycles. The highest BCUT2D eigenvalue weighted by molar-refractivity contribution is 5.85. The zero-order valence-electron chi connectivity index (χ0n) is 12.5. The minimum absolute atomic E-state index is 0.